The number of alkyl carbamates (subject to hydrolysis) is 1. The van der Waals surface area contributed by atoms with Crippen LogP contribution in [0.2, 0.25) is 0 Å². The lowest BCUT2D eigenvalue weighted by Gasteiger charge is -2.19. The van der Waals surface area contributed by atoms with E-state index in [2.05, 4.69) is 20.8 Å². The number of unbranched alkanes of at least 4 members (excludes halogenated alkanes) is 1. The smallest absolute Gasteiger partial charge is 0.407 e. The highest BCUT2D eigenvalue weighted by atomic mass is 16.6. The molecule has 0 unspecified atom stereocenters. The lowest BCUT2D eigenvalue weighted by molar-refractivity contribution is -0.121. The molecule has 0 aliphatic carbocycles. The molecular formula is C25H30N4O4. The van der Waals surface area contributed by atoms with Gasteiger partial charge in [-0.05, 0) is 51.3 Å². The molecule has 3 aromatic rings. The largest absolute Gasteiger partial charge is 0.444 e. The molecule has 1 heterocycles. The molecule has 0 radical (unpaired) electrons. The fourth-order valence-electron chi connectivity index (χ4n) is 3.37. The van der Waals surface area contributed by atoms with Gasteiger partial charge in [0.25, 0.3) is 5.56 Å². The Kier molecular flexibility index (Phi) is 7.82. The third-order valence-electron chi connectivity index (χ3n) is 4.88. The van der Waals surface area contributed by atoms with E-state index in [9.17, 15) is 14.4 Å². The van der Waals surface area contributed by atoms with Crippen LogP contribution < -0.4 is 16.2 Å². The van der Waals surface area contributed by atoms with Crippen molar-refractivity contribution in [3.63, 3.8) is 0 Å². The fraction of sp³-hybridized carbons (Fsp3) is 0.360. The highest BCUT2D eigenvalue weighted by Crippen LogP contribution is 2.24. The maximum Gasteiger partial charge on any atom is 0.407 e. The first kappa shape index (κ1) is 24.0. The van der Waals surface area contributed by atoms with Gasteiger partial charge in [-0.3, -0.25) is 9.59 Å². The number of carbonyl (C=O) groups excluding carboxylic acids is 2. The first-order valence-electron chi connectivity index (χ1n) is 11.0. The minimum atomic E-state index is -0.526. The molecule has 3 N–H and O–H groups in total. The molecule has 0 fully saturated rings. The van der Waals surface area contributed by atoms with Gasteiger partial charge in [0.05, 0.1) is 11.1 Å². The number of fused-ring (bicyclic) bond motifs is 1. The zero-order valence-corrected chi connectivity index (χ0v) is 19.2. The molecule has 0 aliphatic rings. The Morgan fingerprint density at radius 1 is 1.00 bits per heavy atom. The van der Waals surface area contributed by atoms with Crippen molar-refractivity contribution in [1.29, 1.82) is 0 Å². The maximum atomic E-state index is 12.2. The van der Waals surface area contributed by atoms with Crippen LogP contribution in [0, 0.1) is 0 Å². The second kappa shape index (κ2) is 10.8. The number of H-pyrrole nitrogens is 1. The Hall–Kier alpha value is -3.68. The van der Waals surface area contributed by atoms with Gasteiger partial charge >= 0.3 is 6.09 Å². The van der Waals surface area contributed by atoms with Gasteiger partial charge in [0.2, 0.25) is 5.91 Å². The molecule has 0 atom stereocenters. The zero-order valence-electron chi connectivity index (χ0n) is 19.2. The molecule has 0 spiro atoms. The van der Waals surface area contributed by atoms with Crippen LogP contribution in [0.5, 0.6) is 0 Å². The SMILES string of the molecule is CC(C)(C)OC(=O)NCCCCC(=O)NCc1cccc(-c2n[nH]c(=O)c3ccccc23)c1. The first-order valence-corrected chi connectivity index (χ1v) is 11.0. The number of hydrogen-bond donors (Lipinski definition) is 3. The minimum Gasteiger partial charge on any atom is -0.444 e. The number of carbonyl (C=O) groups is 2. The van der Waals surface area contributed by atoms with E-state index in [1.165, 1.54) is 0 Å². The van der Waals surface area contributed by atoms with Crippen molar-refractivity contribution in [2.75, 3.05) is 6.54 Å². The lowest BCUT2D eigenvalue weighted by atomic mass is 10.0. The summed E-state index contributed by atoms with van der Waals surface area (Å²) in [6.07, 6.45) is 1.28. The van der Waals surface area contributed by atoms with E-state index >= 15 is 0 Å². The summed E-state index contributed by atoms with van der Waals surface area (Å²) in [6, 6.07) is 15.1. The van der Waals surface area contributed by atoms with Crippen LogP contribution in [0.4, 0.5) is 4.79 Å². The van der Waals surface area contributed by atoms with Gasteiger partial charge in [-0.1, -0.05) is 36.4 Å². The van der Waals surface area contributed by atoms with Crippen LogP contribution >= 0.6 is 0 Å². The molecule has 0 bridgehead atoms. The van der Waals surface area contributed by atoms with Crippen LogP contribution in [0.15, 0.2) is 53.3 Å². The average molecular weight is 451 g/mol. The van der Waals surface area contributed by atoms with Crippen molar-refractivity contribution in [1.82, 2.24) is 20.8 Å². The minimum absolute atomic E-state index is 0.0507. The predicted octanol–water partition coefficient (Wildman–Crippen LogP) is 3.90. The molecule has 2 amide bonds. The molecule has 2 aromatic carbocycles. The van der Waals surface area contributed by atoms with E-state index in [0.29, 0.717) is 43.4 Å². The normalized spacial score (nSPS) is 11.2. The van der Waals surface area contributed by atoms with Gasteiger partial charge in [-0.15, -0.1) is 0 Å². The molecule has 3 rings (SSSR count). The van der Waals surface area contributed by atoms with E-state index in [0.717, 1.165) is 16.5 Å². The lowest BCUT2D eigenvalue weighted by Crippen LogP contribution is -2.33. The van der Waals surface area contributed by atoms with Crippen molar-refractivity contribution in [3.05, 3.63) is 64.4 Å². The van der Waals surface area contributed by atoms with Gasteiger partial charge < -0.3 is 15.4 Å². The number of aromatic nitrogens is 2. The number of benzene rings is 2. The standard InChI is InChI=1S/C25H30N4O4/c1-25(2,3)33-24(32)26-14-7-6-13-21(30)27-16-17-9-8-10-18(15-17)22-19-11-4-5-12-20(19)23(31)29-28-22/h4-5,8-12,15H,6-7,13-14,16H2,1-3H3,(H,26,32)(H,27,30)(H,29,31). The van der Waals surface area contributed by atoms with E-state index in [1.807, 2.05) is 63.2 Å². The molecule has 33 heavy (non-hydrogen) atoms. The topological polar surface area (TPSA) is 113 Å². The number of ether oxygens (including phenoxy) is 1. The molecule has 8 heteroatoms. The van der Waals surface area contributed by atoms with Crippen molar-refractivity contribution >= 4 is 22.8 Å². The average Bonchev–Trinajstić information content (AvgIpc) is 2.77. The van der Waals surface area contributed by atoms with E-state index < -0.39 is 11.7 Å². The summed E-state index contributed by atoms with van der Waals surface area (Å²) in [4.78, 5) is 35.8. The third-order valence-corrected chi connectivity index (χ3v) is 4.88. The number of amides is 2. The quantitative estimate of drug-likeness (QED) is 0.451. The monoisotopic (exact) mass is 450 g/mol. The van der Waals surface area contributed by atoms with E-state index in [1.54, 1.807) is 6.07 Å². The van der Waals surface area contributed by atoms with E-state index in [4.69, 9.17) is 4.74 Å². The second-order valence-electron chi connectivity index (χ2n) is 8.81. The van der Waals surface area contributed by atoms with Crippen LogP contribution in [-0.2, 0) is 16.1 Å². The highest BCUT2D eigenvalue weighted by Gasteiger charge is 2.15. The summed E-state index contributed by atoms with van der Waals surface area (Å²) in [6.45, 7) is 6.29. The number of nitrogens with one attached hydrogen (secondary N) is 3. The Balaban J connectivity index is 1.49. The fourth-order valence-corrected chi connectivity index (χ4v) is 3.37. The maximum absolute atomic E-state index is 12.2. The first-order chi connectivity index (χ1) is 15.7. The summed E-state index contributed by atoms with van der Waals surface area (Å²) < 4.78 is 5.17. The van der Waals surface area contributed by atoms with Crippen LogP contribution in [0.1, 0.15) is 45.6 Å². The zero-order chi connectivity index (χ0) is 23.8. The Morgan fingerprint density at radius 2 is 1.76 bits per heavy atom. The molecule has 0 saturated carbocycles. The molecule has 8 nitrogen and oxygen atoms in total. The number of aromatic amines is 1. The highest BCUT2D eigenvalue weighted by molar-refractivity contribution is 5.93. The van der Waals surface area contributed by atoms with Crippen molar-refractivity contribution < 1.29 is 14.3 Å². The Bertz CT molecular complexity index is 1180. The molecular weight excluding hydrogens is 420 g/mol. The van der Waals surface area contributed by atoms with Crippen molar-refractivity contribution in [2.45, 2.75) is 52.2 Å². The van der Waals surface area contributed by atoms with Gasteiger partial charge in [-0.2, -0.15) is 5.10 Å². The van der Waals surface area contributed by atoms with Crippen LogP contribution in [0.3, 0.4) is 0 Å². The van der Waals surface area contributed by atoms with Gasteiger partial charge in [-0.25, -0.2) is 9.89 Å². The summed E-state index contributed by atoms with van der Waals surface area (Å²) in [7, 11) is 0. The molecule has 174 valence electrons. The van der Waals surface area contributed by atoms with Gasteiger partial charge in [0, 0.05) is 30.5 Å². The van der Waals surface area contributed by atoms with E-state index in [-0.39, 0.29) is 11.5 Å². The molecule has 0 saturated heterocycles. The van der Waals surface area contributed by atoms with Gasteiger partial charge in [0.1, 0.15) is 5.60 Å². The predicted molar refractivity (Wildman–Crippen MR) is 128 cm³/mol. The van der Waals surface area contributed by atoms with Crippen molar-refractivity contribution in [2.24, 2.45) is 0 Å². The van der Waals surface area contributed by atoms with Crippen LogP contribution in [0.25, 0.3) is 22.0 Å². The summed E-state index contributed by atoms with van der Waals surface area (Å²) in [5.74, 6) is -0.0507. The Morgan fingerprint density at radius 3 is 2.52 bits per heavy atom. The molecule has 0 aliphatic heterocycles. The summed E-state index contributed by atoms with van der Waals surface area (Å²) >= 11 is 0. The van der Waals surface area contributed by atoms with Gasteiger partial charge in [0.15, 0.2) is 0 Å². The summed E-state index contributed by atoms with van der Waals surface area (Å²) in [5, 5.41) is 13.8. The number of hydrogen-bond acceptors (Lipinski definition) is 5. The van der Waals surface area contributed by atoms with Crippen molar-refractivity contribution in [3.8, 4) is 11.3 Å². The summed E-state index contributed by atoms with van der Waals surface area (Å²) in [5.41, 5.74) is 1.74. The molecule has 1 aromatic heterocycles. The number of nitrogens with zero attached hydrogens (tertiary/aromatic N) is 1. The van der Waals surface area contributed by atoms with Crippen LogP contribution in [-0.4, -0.2) is 34.3 Å². The Labute approximate surface area is 192 Å². The number of rotatable bonds is 8. The second-order valence-corrected chi connectivity index (χ2v) is 8.81. The third kappa shape index (κ3) is 7.17.